The van der Waals surface area contributed by atoms with E-state index in [1.54, 1.807) is 35.6 Å². The van der Waals surface area contributed by atoms with Gasteiger partial charge in [-0.3, -0.25) is 4.90 Å². The van der Waals surface area contributed by atoms with Gasteiger partial charge >= 0.3 is 6.18 Å². The maximum absolute atomic E-state index is 13.3. The zero-order valence-corrected chi connectivity index (χ0v) is 15.9. The van der Waals surface area contributed by atoms with Crippen molar-refractivity contribution in [2.75, 3.05) is 38.2 Å². The van der Waals surface area contributed by atoms with Crippen molar-refractivity contribution in [3.8, 4) is 0 Å². The van der Waals surface area contributed by atoms with E-state index in [9.17, 15) is 13.2 Å². The summed E-state index contributed by atoms with van der Waals surface area (Å²) >= 11 is 1.66. The van der Waals surface area contributed by atoms with Crippen LogP contribution in [-0.4, -0.2) is 42.7 Å². The van der Waals surface area contributed by atoms with E-state index in [1.165, 1.54) is 4.88 Å². The van der Waals surface area contributed by atoms with Crippen molar-refractivity contribution in [3.05, 3.63) is 58.4 Å². The minimum Gasteiger partial charge on any atom is -0.382 e. The van der Waals surface area contributed by atoms with Crippen molar-refractivity contribution in [2.45, 2.75) is 12.2 Å². The fourth-order valence-corrected chi connectivity index (χ4v) is 4.31. The molecule has 1 aliphatic heterocycles. The van der Waals surface area contributed by atoms with Crippen LogP contribution >= 0.6 is 11.3 Å². The molecule has 0 saturated carbocycles. The Bertz CT molecular complexity index is 924. The molecule has 28 heavy (non-hydrogen) atoms. The summed E-state index contributed by atoms with van der Waals surface area (Å²) in [5.41, 5.74) is -0.0978. The van der Waals surface area contributed by atoms with Crippen LogP contribution in [0.3, 0.4) is 0 Å². The number of halogens is 3. The lowest BCUT2D eigenvalue weighted by molar-refractivity contribution is -0.140. The normalized spacial score (nSPS) is 17.0. The van der Waals surface area contributed by atoms with Gasteiger partial charge in [-0.1, -0.05) is 24.3 Å². The molecule has 1 aliphatic rings. The number of rotatable bonds is 5. The van der Waals surface area contributed by atoms with Gasteiger partial charge in [0.2, 0.25) is 0 Å². The van der Waals surface area contributed by atoms with Gasteiger partial charge in [-0.25, -0.2) is 4.98 Å². The van der Waals surface area contributed by atoms with Crippen LogP contribution in [0.15, 0.2) is 47.8 Å². The SMILES string of the molecule is FC(F)(F)c1cc(NC[C@@H](c2cccs2)N2CCOCC2)c2ccccc2n1. The molecule has 1 N–H and O–H groups in total. The molecule has 0 unspecified atom stereocenters. The van der Waals surface area contributed by atoms with Crippen LogP contribution in [0.2, 0.25) is 0 Å². The van der Waals surface area contributed by atoms with Crippen LogP contribution in [0, 0.1) is 0 Å². The van der Waals surface area contributed by atoms with Crippen LogP contribution in [0.4, 0.5) is 18.9 Å². The molecule has 4 rings (SSSR count). The lowest BCUT2D eigenvalue weighted by atomic mass is 10.1. The molecule has 1 aromatic carbocycles. The number of nitrogens with one attached hydrogen (secondary N) is 1. The van der Waals surface area contributed by atoms with E-state index in [0.29, 0.717) is 36.3 Å². The number of fused-ring (bicyclic) bond motifs is 1. The molecule has 8 heteroatoms. The van der Waals surface area contributed by atoms with Gasteiger partial charge in [-0.05, 0) is 23.6 Å². The second-order valence-electron chi connectivity index (χ2n) is 6.63. The van der Waals surface area contributed by atoms with Crippen molar-refractivity contribution in [3.63, 3.8) is 0 Å². The van der Waals surface area contributed by atoms with Gasteiger partial charge in [-0.2, -0.15) is 13.2 Å². The smallest absolute Gasteiger partial charge is 0.382 e. The maximum Gasteiger partial charge on any atom is 0.433 e. The Morgan fingerprint density at radius 1 is 1.14 bits per heavy atom. The first-order chi connectivity index (χ1) is 13.5. The molecule has 2 aromatic heterocycles. The molecule has 1 saturated heterocycles. The quantitative estimate of drug-likeness (QED) is 0.659. The number of alkyl halides is 3. The lowest BCUT2D eigenvalue weighted by Crippen LogP contribution is -2.41. The van der Waals surface area contributed by atoms with Crippen molar-refractivity contribution in [1.82, 2.24) is 9.88 Å². The monoisotopic (exact) mass is 407 g/mol. The molecule has 0 amide bonds. The fourth-order valence-electron chi connectivity index (χ4n) is 3.45. The van der Waals surface area contributed by atoms with Crippen LogP contribution in [0.5, 0.6) is 0 Å². The topological polar surface area (TPSA) is 37.4 Å². The standard InChI is InChI=1S/C20H20F3N3OS/c21-20(22,23)19-12-16(14-4-1-2-5-15(14)25-19)24-13-17(18-6-3-11-28-18)26-7-9-27-10-8-26/h1-6,11-12,17H,7-10,13H2,(H,24,25)/t17-/m0/s1. The van der Waals surface area contributed by atoms with Gasteiger partial charge in [0, 0.05) is 35.6 Å². The first-order valence-corrected chi connectivity index (χ1v) is 9.96. The molecule has 1 fully saturated rings. The molecule has 148 valence electrons. The third-order valence-electron chi connectivity index (χ3n) is 4.85. The van der Waals surface area contributed by atoms with Crippen LogP contribution in [0.25, 0.3) is 10.9 Å². The number of ether oxygens (including phenoxy) is 1. The van der Waals surface area contributed by atoms with Gasteiger partial charge in [0.1, 0.15) is 5.69 Å². The summed E-state index contributed by atoms with van der Waals surface area (Å²) in [5.74, 6) is 0. The molecule has 1 atom stereocenters. The van der Waals surface area contributed by atoms with E-state index in [4.69, 9.17) is 4.74 Å². The fraction of sp³-hybridized carbons (Fsp3) is 0.350. The summed E-state index contributed by atoms with van der Waals surface area (Å²) in [6.07, 6.45) is -4.49. The van der Waals surface area contributed by atoms with Crippen molar-refractivity contribution in [1.29, 1.82) is 0 Å². The molecular weight excluding hydrogens is 387 g/mol. The number of morpholine rings is 1. The minimum absolute atomic E-state index is 0.0742. The van der Waals surface area contributed by atoms with Crippen molar-refractivity contribution < 1.29 is 17.9 Å². The molecule has 4 nitrogen and oxygen atoms in total. The predicted octanol–water partition coefficient (Wildman–Crippen LogP) is 4.80. The predicted molar refractivity (Wildman–Crippen MR) is 105 cm³/mol. The number of benzene rings is 1. The summed E-state index contributed by atoms with van der Waals surface area (Å²) in [5, 5.41) is 5.97. The van der Waals surface area contributed by atoms with E-state index < -0.39 is 11.9 Å². The number of anilines is 1. The van der Waals surface area contributed by atoms with Crippen LogP contribution in [-0.2, 0) is 10.9 Å². The molecular formula is C20H20F3N3OS. The minimum atomic E-state index is -4.49. The average molecular weight is 407 g/mol. The van der Waals surface area contributed by atoms with Crippen LogP contribution < -0.4 is 5.32 Å². The largest absolute Gasteiger partial charge is 0.433 e. The molecule has 0 bridgehead atoms. The molecule has 3 heterocycles. The van der Waals surface area contributed by atoms with E-state index in [2.05, 4.69) is 21.3 Å². The van der Waals surface area contributed by atoms with E-state index >= 15 is 0 Å². The number of pyridine rings is 1. The zero-order chi connectivity index (χ0) is 19.6. The van der Waals surface area contributed by atoms with Crippen molar-refractivity contribution >= 4 is 27.9 Å². The Morgan fingerprint density at radius 2 is 1.93 bits per heavy atom. The summed E-state index contributed by atoms with van der Waals surface area (Å²) < 4.78 is 45.3. The average Bonchev–Trinajstić information content (AvgIpc) is 3.22. The Hall–Kier alpha value is -2.16. The Balaban J connectivity index is 1.64. The van der Waals surface area contributed by atoms with Gasteiger partial charge in [-0.15, -0.1) is 11.3 Å². The third-order valence-corrected chi connectivity index (χ3v) is 5.82. The van der Waals surface area contributed by atoms with E-state index in [0.717, 1.165) is 19.2 Å². The first kappa shape index (κ1) is 19.2. The molecule has 0 spiro atoms. The Kier molecular flexibility index (Phi) is 5.52. The number of thiophene rings is 1. The number of hydrogen-bond acceptors (Lipinski definition) is 5. The van der Waals surface area contributed by atoms with Gasteiger partial charge in [0.05, 0.1) is 24.8 Å². The lowest BCUT2D eigenvalue weighted by Gasteiger charge is -2.34. The summed E-state index contributed by atoms with van der Waals surface area (Å²) in [4.78, 5) is 7.28. The summed E-state index contributed by atoms with van der Waals surface area (Å²) in [6.45, 7) is 3.44. The highest BCUT2D eigenvalue weighted by atomic mass is 32.1. The highest BCUT2D eigenvalue weighted by Crippen LogP contribution is 2.34. The highest BCUT2D eigenvalue weighted by Gasteiger charge is 2.33. The second kappa shape index (κ2) is 8.06. The van der Waals surface area contributed by atoms with Crippen LogP contribution in [0.1, 0.15) is 16.6 Å². The Labute approximate surface area is 164 Å². The van der Waals surface area contributed by atoms with E-state index in [-0.39, 0.29) is 6.04 Å². The maximum atomic E-state index is 13.3. The number of nitrogens with zero attached hydrogens (tertiary/aromatic N) is 2. The first-order valence-electron chi connectivity index (χ1n) is 9.08. The van der Waals surface area contributed by atoms with Gasteiger partial charge < -0.3 is 10.1 Å². The van der Waals surface area contributed by atoms with Gasteiger partial charge in [0.25, 0.3) is 0 Å². The highest BCUT2D eigenvalue weighted by molar-refractivity contribution is 7.10. The second-order valence-corrected chi connectivity index (χ2v) is 7.61. The molecule has 0 radical (unpaired) electrons. The summed E-state index contributed by atoms with van der Waals surface area (Å²) in [7, 11) is 0. The number of hydrogen-bond donors (Lipinski definition) is 1. The summed E-state index contributed by atoms with van der Waals surface area (Å²) in [6, 6.07) is 12.1. The number of aromatic nitrogens is 1. The Morgan fingerprint density at radius 3 is 2.64 bits per heavy atom. The molecule has 3 aromatic rings. The molecule has 0 aliphatic carbocycles. The third kappa shape index (κ3) is 4.14. The zero-order valence-electron chi connectivity index (χ0n) is 15.1. The van der Waals surface area contributed by atoms with Gasteiger partial charge in [0.15, 0.2) is 0 Å². The van der Waals surface area contributed by atoms with E-state index in [1.807, 2.05) is 11.4 Å². The number of para-hydroxylation sites is 1. The van der Waals surface area contributed by atoms with Crippen molar-refractivity contribution in [2.24, 2.45) is 0 Å².